The molecule has 0 aliphatic carbocycles. The molecule has 0 fully saturated rings. The molecule has 18 heavy (non-hydrogen) atoms. The number of hydrogen-bond acceptors (Lipinski definition) is 5. The number of thiophene rings is 1. The molecule has 0 radical (unpaired) electrons. The van der Waals surface area contributed by atoms with Crippen molar-refractivity contribution in [1.29, 1.82) is 0 Å². The molecule has 5 heteroatoms. The number of ketones is 1. The Labute approximate surface area is 108 Å². The summed E-state index contributed by atoms with van der Waals surface area (Å²) < 4.78 is 11.1. The number of carbonyl (C=O) groups is 2. The van der Waals surface area contributed by atoms with E-state index in [-0.39, 0.29) is 12.4 Å². The van der Waals surface area contributed by atoms with Crippen LogP contribution >= 0.6 is 11.3 Å². The first-order valence-electron chi connectivity index (χ1n) is 5.35. The zero-order valence-corrected chi connectivity index (χ0v) is 10.9. The highest BCUT2D eigenvalue weighted by molar-refractivity contribution is 7.21. The Bertz CT molecular complexity index is 600. The van der Waals surface area contributed by atoms with Gasteiger partial charge in [0.2, 0.25) is 0 Å². The molecule has 0 bridgehead atoms. The fourth-order valence-electron chi connectivity index (χ4n) is 1.57. The average molecular weight is 264 g/mol. The SMILES string of the molecule is COC(=O)c1sc2ccccc2c1OCC(C)=O. The van der Waals surface area contributed by atoms with Gasteiger partial charge in [0.25, 0.3) is 0 Å². The molecular weight excluding hydrogens is 252 g/mol. The number of ether oxygens (including phenoxy) is 2. The summed E-state index contributed by atoms with van der Waals surface area (Å²) in [4.78, 5) is 23.0. The van der Waals surface area contributed by atoms with Crippen LogP contribution in [0, 0.1) is 0 Å². The highest BCUT2D eigenvalue weighted by Crippen LogP contribution is 2.38. The predicted molar refractivity (Wildman–Crippen MR) is 69.3 cm³/mol. The van der Waals surface area contributed by atoms with E-state index in [0.717, 1.165) is 10.1 Å². The van der Waals surface area contributed by atoms with Crippen LogP contribution in [-0.2, 0) is 9.53 Å². The van der Waals surface area contributed by atoms with E-state index < -0.39 is 5.97 Å². The van der Waals surface area contributed by atoms with E-state index in [4.69, 9.17) is 9.47 Å². The standard InChI is InChI=1S/C13H12O4S/c1-8(14)7-17-11-9-5-3-4-6-10(9)18-12(11)13(15)16-2/h3-6H,7H2,1-2H3. The van der Waals surface area contributed by atoms with Crippen molar-refractivity contribution in [1.82, 2.24) is 0 Å². The summed E-state index contributed by atoms with van der Waals surface area (Å²) in [7, 11) is 1.32. The van der Waals surface area contributed by atoms with Crippen molar-refractivity contribution in [3.05, 3.63) is 29.1 Å². The minimum Gasteiger partial charge on any atom is -0.483 e. The molecule has 1 aromatic carbocycles. The molecule has 1 aromatic heterocycles. The Morgan fingerprint density at radius 3 is 2.67 bits per heavy atom. The Kier molecular flexibility index (Phi) is 3.62. The summed E-state index contributed by atoms with van der Waals surface area (Å²) in [5.74, 6) is -0.117. The highest BCUT2D eigenvalue weighted by Gasteiger charge is 2.20. The molecule has 0 unspecified atom stereocenters. The third-order valence-electron chi connectivity index (χ3n) is 2.34. The van der Waals surface area contributed by atoms with E-state index in [9.17, 15) is 9.59 Å². The zero-order valence-electron chi connectivity index (χ0n) is 10.1. The van der Waals surface area contributed by atoms with Crippen molar-refractivity contribution in [2.24, 2.45) is 0 Å². The molecule has 0 aliphatic heterocycles. The normalized spacial score (nSPS) is 10.3. The van der Waals surface area contributed by atoms with Gasteiger partial charge < -0.3 is 9.47 Å². The van der Waals surface area contributed by atoms with Crippen LogP contribution in [0.1, 0.15) is 16.6 Å². The van der Waals surface area contributed by atoms with Crippen molar-refractivity contribution >= 4 is 33.2 Å². The van der Waals surface area contributed by atoms with Gasteiger partial charge in [0.15, 0.2) is 16.4 Å². The molecule has 0 saturated heterocycles. The van der Waals surface area contributed by atoms with Gasteiger partial charge in [-0.05, 0) is 19.1 Å². The lowest BCUT2D eigenvalue weighted by atomic mass is 10.2. The van der Waals surface area contributed by atoms with Gasteiger partial charge in [-0.1, -0.05) is 12.1 Å². The summed E-state index contributed by atoms with van der Waals surface area (Å²) in [6, 6.07) is 7.49. The monoisotopic (exact) mass is 264 g/mol. The number of esters is 1. The Morgan fingerprint density at radius 1 is 1.28 bits per heavy atom. The summed E-state index contributed by atoms with van der Waals surface area (Å²) in [6.45, 7) is 1.39. The highest BCUT2D eigenvalue weighted by atomic mass is 32.1. The second kappa shape index (κ2) is 5.18. The first-order chi connectivity index (χ1) is 8.63. The van der Waals surface area contributed by atoms with Crippen LogP contribution in [0.3, 0.4) is 0 Å². The zero-order chi connectivity index (χ0) is 13.1. The molecule has 0 saturated carbocycles. The molecule has 0 atom stereocenters. The summed E-state index contributed by atoms with van der Waals surface area (Å²) in [5, 5.41) is 0.823. The van der Waals surface area contributed by atoms with Gasteiger partial charge in [0.1, 0.15) is 6.61 Å². The van der Waals surface area contributed by atoms with E-state index >= 15 is 0 Å². The van der Waals surface area contributed by atoms with E-state index in [2.05, 4.69) is 0 Å². The molecule has 0 aliphatic rings. The second-order valence-corrected chi connectivity index (χ2v) is 4.79. The van der Waals surface area contributed by atoms with Gasteiger partial charge in [0.05, 0.1) is 7.11 Å². The third-order valence-corrected chi connectivity index (χ3v) is 3.47. The lowest BCUT2D eigenvalue weighted by Crippen LogP contribution is -2.09. The average Bonchev–Trinajstić information content (AvgIpc) is 2.74. The molecule has 0 amide bonds. The van der Waals surface area contributed by atoms with Gasteiger partial charge in [-0.15, -0.1) is 11.3 Å². The quantitative estimate of drug-likeness (QED) is 0.797. The Hall–Kier alpha value is -1.88. The first kappa shape index (κ1) is 12.6. The minimum atomic E-state index is -0.449. The van der Waals surface area contributed by atoms with Crippen molar-refractivity contribution < 1.29 is 19.1 Å². The number of hydrogen-bond donors (Lipinski definition) is 0. The first-order valence-corrected chi connectivity index (χ1v) is 6.17. The number of rotatable bonds is 4. The minimum absolute atomic E-state index is 0.0509. The number of methoxy groups -OCH3 is 1. The molecule has 2 aromatic rings. The van der Waals surface area contributed by atoms with E-state index in [1.54, 1.807) is 0 Å². The number of carbonyl (C=O) groups excluding carboxylic acids is 2. The van der Waals surface area contributed by atoms with Gasteiger partial charge in [-0.2, -0.15) is 0 Å². The number of fused-ring (bicyclic) bond motifs is 1. The molecular formula is C13H12O4S. The van der Waals surface area contributed by atoms with Gasteiger partial charge in [-0.3, -0.25) is 4.79 Å². The van der Waals surface area contributed by atoms with Crippen LogP contribution in [0.25, 0.3) is 10.1 Å². The largest absolute Gasteiger partial charge is 0.483 e. The Balaban J connectivity index is 2.50. The number of benzene rings is 1. The molecule has 94 valence electrons. The maximum absolute atomic E-state index is 11.7. The van der Waals surface area contributed by atoms with Crippen LogP contribution in [0.4, 0.5) is 0 Å². The lowest BCUT2D eigenvalue weighted by molar-refractivity contribution is -0.118. The molecule has 4 nitrogen and oxygen atoms in total. The third kappa shape index (κ3) is 2.36. The Morgan fingerprint density at radius 2 is 2.00 bits per heavy atom. The van der Waals surface area contributed by atoms with Crippen molar-refractivity contribution in [2.75, 3.05) is 13.7 Å². The maximum Gasteiger partial charge on any atom is 0.351 e. The van der Waals surface area contributed by atoms with Gasteiger partial charge in [-0.25, -0.2) is 4.79 Å². The summed E-state index contributed by atoms with van der Waals surface area (Å²) >= 11 is 1.30. The number of Topliss-reactive ketones (excluding diaryl/α,β-unsaturated/α-hetero) is 1. The van der Waals surface area contributed by atoms with Gasteiger partial charge in [0, 0.05) is 10.1 Å². The van der Waals surface area contributed by atoms with E-state index in [1.165, 1.54) is 25.4 Å². The topological polar surface area (TPSA) is 52.6 Å². The van der Waals surface area contributed by atoms with Gasteiger partial charge >= 0.3 is 5.97 Å². The van der Waals surface area contributed by atoms with Crippen molar-refractivity contribution in [3.8, 4) is 5.75 Å². The van der Waals surface area contributed by atoms with Crippen LogP contribution in [0.5, 0.6) is 5.75 Å². The van der Waals surface area contributed by atoms with Crippen LogP contribution in [-0.4, -0.2) is 25.5 Å². The van der Waals surface area contributed by atoms with E-state index in [0.29, 0.717) is 10.6 Å². The van der Waals surface area contributed by atoms with Crippen LogP contribution < -0.4 is 4.74 Å². The van der Waals surface area contributed by atoms with Crippen LogP contribution in [0.15, 0.2) is 24.3 Å². The van der Waals surface area contributed by atoms with Crippen molar-refractivity contribution in [3.63, 3.8) is 0 Å². The fourth-order valence-corrected chi connectivity index (χ4v) is 2.63. The lowest BCUT2D eigenvalue weighted by Gasteiger charge is -2.04. The summed E-state index contributed by atoms with van der Waals surface area (Å²) in [6.07, 6.45) is 0. The molecule has 0 N–H and O–H groups in total. The summed E-state index contributed by atoms with van der Waals surface area (Å²) in [5.41, 5.74) is 0. The van der Waals surface area contributed by atoms with Crippen LogP contribution in [0.2, 0.25) is 0 Å². The molecule has 2 rings (SSSR count). The second-order valence-electron chi connectivity index (χ2n) is 3.74. The van der Waals surface area contributed by atoms with E-state index in [1.807, 2.05) is 24.3 Å². The smallest absolute Gasteiger partial charge is 0.351 e. The molecule has 0 spiro atoms. The fraction of sp³-hybridized carbons (Fsp3) is 0.231. The molecule has 1 heterocycles. The predicted octanol–water partition coefficient (Wildman–Crippen LogP) is 2.66. The maximum atomic E-state index is 11.7. The van der Waals surface area contributed by atoms with Crippen molar-refractivity contribution in [2.45, 2.75) is 6.92 Å².